The number of hydrogen-bond donors (Lipinski definition) is 0. The van der Waals surface area contributed by atoms with Crippen LogP contribution in [0.2, 0.25) is 0 Å². The molecule has 2 aromatic rings. The summed E-state index contributed by atoms with van der Waals surface area (Å²) >= 11 is 0. The van der Waals surface area contributed by atoms with Crippen molar-refractivity contribution >= 4 is 5.97 Å². The Morgan fingerprint density at radius 3 is 2.57 bits per heavy atom. The van der Waals surface area contributed by atoms with Crippen molar-refractivity contribution in [1.29, 1.82) is 0 Å². The molecule has 0 fully saturated rings. The van der Waals surface area contributed by atoms with Crippen LogP contribution >= 0.6 is 0 Å². The predicted molar refractivity (Wildman–Crippen MR) is 77.5 cm³/mol. The molecule has 2 aromatic carbocycles. The lowest BCUT2D eigenvalue weighted by atomic mass is 10.1. The van der Waals surface area contributed by atoms with Crippen molar-refractivity contribution in [2.75, 3.05) is 6.61 Å². The second-order valence-electron chi connectivity index (χ2n) is 4.66. The van der Waals surface area contributed by atoms with Crippen molar-refractivity contribution in [3.63, 3.8) is 0 Å². The van der Waals surface area contributed by atoms with Gasteiger partial charge in [0.05, 0.1) is 6.61 Å². The maximum Gasteiger partial charge on any atom is 0.302 e. The van der Waals surface area contributed by atoms with Gasteiger partial charge in [-0.15, -0.1) is 0 Å². The first-order chi connectivity index (χ1) is 10.1. The van der Waals surface area contributed by atoms with Crippen LogP contribution in [0.25, 0.3) is 0 Å². The Morgan fingerprint density at radius 2 is 1.86 bits per heavy atom. The highest BCUT2D eigenvalue weighted by atomic mass is 19.1. The molecule has 21 heavy (non-hydrogen) atoms. The van der Waals surface area contributed by atoms with E-state index in [-0.39, 0.29) is 18.4 Å². The van der Waals surface area contributed by atoms with E-state index in [2.05, 4.69) is 0 Å². The van der Waals surface area contributed by atoms with Crippen molar-refractivity contribution in [3.05, 3.63) is 65.5 Å². The molecule has 0 unspecified atom stereocenters. The van der Waals surface area contributed by atoms with Crippen LogP contribution in [0.5, 0.6) is 5.75 Å². The Hall–Kier alpha value is -2.36. The molecule has 0 atom stereocenters. The molecule has 0 amide bonds. The first-order valence-electron chi connectivity index (χ1n) is 6.73. The Kier molecular flexibility index (Phi) is 5.32. The van der Waals surface area contributed by atoms with Crippen LogP contribution in [0, 0.1) is 5.82 Å². The van der Waals surface area contributed by atoms with Gasteiger partial charge in [0, 0.05) is 19.4 Å². The average molecular weight is 288 g/mol. The number of hydrogen-bond acceptors (Lipinski definition) is 3. The van der Waals surface area contributed by atoms with Gasteiger partial charge in [-0.25, -0.2) is 4.39 Å². The summed E-state index contributed by atoms with van der Waals surface area (Å²) < 4.78 is 24.0. The molecule has 0 saturated heterocycles. The zero-order chi connectivity index (χ0) is 15.1. The van der Waals surface area contributed by atoms with Gasteiger partial charge in [-0.3, -0.25) is 4.79 Å². The lowest BCUT2D eigenvalue weighted by molar-refractivity contribution is -0.140. The first-order valence-corrected chi connectivity index (χ1v) is 6.73. The number of esters is 1. The van der Waals surface area contributed by atoms with E-state index in [1.165, 1.54) is 19.1 Å². The summed E-state index contributed by atoms with van der Waals surface area (Å²) in [5.74, 6) is -0.234. The van der Waals surface area contributed by atoms with E-state index in [1.807, 2.05) is 30.3 Å². The van der Waals surface area contributed by atoms with Gasteiger partial charge in [0.25, 0.3) is 0 Å². The number of ether oxygens (including phenoxy) is 2. The van der Waals surface area contributed by atoms with Crippen molar-refractivity contribution in [1.82, 2.24) is 0 Å². The van der Waals surface area contributed by atoms with E-state index in [4.69, 9.17) is 9.47 Å². The largest absolute Gasteiger partial charge is 0.489 e. The van der Waals surface area contributed by atoms with E-state index in [0.717, 1.165) is 11.1 Å². The highest BCUT2D eigenvalue weighted by Crippen LogP contribution is 2.18. The van der Waals surface area contributed by atoms with Gasteiger partial charge in [0.15, 0.2) is 0 Å². The molecule has 0 aromatic heterocycles. The van der Waals surface area contributed by atoms with Crippen molar-refractivity contribution in [2.24, 2.45) is 0 Å². The summed E-state index contributed by atoms with van der Waals surface area (Å²) in [5.41, 5.74) is 1.75. The number of carbonyl (C=O) groups is 1. The lowest BCUT2D eigenvalue weighted by Crippen LogP contribution is -2.04. The number of carbonyl (C=O) groups excluding carboxylic acids is 1. The van der Waals surface area contributed by atoms with Gasteiger partial charge in [0.1, 0.15) is 18.2 Å². The van der Waals surface area contributed by atoms with Gasteiger partial charge in [-0.05, 0) is 23.3 Å². The maximum absolute atomic E-state index is 13.6. The summed E-state index contributed by atoms with van der Waals surface area (Å²) in [4.78, 5) is 10.7. The van der Waals surface area contributed by atoms with E-state index in [9.17, 15) is 9.18 Å². The van der Waals surface area contributed by atoms with E-state index >= 15 is 0 Å². The zero-order valence-electron chi connectivity index (χ0n) is 11.8. The second kappa shape index (κ2) is 7.43. The molecule has 0 N–H and O–H groups in total. The zero-order valence-corrected chi connectivity index (χ0v) is 11.8. The average Bonchev–Trinajstić information content (AvgIpc) is 2.45. The van der Waals surface area contributed by atoms with E-state index < -0.39 is 0 Å². The summed E-state index contributed by atoms with van der Waals surface area (Å²) in [6.07, 6.45) is 0.457. The fraction of sp³-hybridized carbons (Fsp3) is 0.235. The molecular weight excluding hydrogens is 271 g/mol. The number of benzene rings is 2. The van der Waals surface area contributed by atoms with Crippen LogP contribution < -0.4 is 4.74 Å². The Bertz CT molecular complexity index is 596. The van der Waals surface area contributed by atoms with Gasteiger partial charge in [-0.2, -0.15) is 0 Å². The Balaban J connectivity index is 1.96. The third-order valence-electron chi connectivity index (χ3n) is 2.88. The van der Waals surface area contributed by atoms with Crippen LogP contribution in [-0.2, 0) is 22.6 Å². The fourth-order valence-corrected chi connectivity index (χ4v) is 1.90. The minimum Gasteiger partial charge on any atom is -0.489 e. The van der Waals surface area contributed by atoms with Crippen molar-refractivity contribution in [2.45, 2.75) is 20.0 Å². The molecule has 3 nitrogen and oxygen atoms in total. The third-order valence-corrected chi connectivity index (χ3v) is 2.88. The van der Waals surface area contributed by atoms with Gasteiger partial charge >= 0.3 is 5.97 Å². The first kappa shape index (κ1) is 15.0. The summed E-state index contributed by atoms with van der Waals surface area (Å²) in [7, 11) is 0. The standard InChI is InChI=1S/C17H17FO3/c1-13(19)20-8-7-15-9-16(18)11-17(10-15)21-12-14-5-3-2-4-6-14/h2-6,9-11H,7-8,12H2,1H3. The minimum absolute atomic E-state index is 0.233. The van der Waals surface area contributed by atoms with Gasteiger partial charge < -0.3 is 9.47 Å². The monoisotopic (exact) mass is 288 g/mol. The van der Waals surface area contributed by atoms with Crippen LogP contribution in [-0.4, -0.2) is 12.6 Å². The van der Waals surface area contributed by atoms with Gasteiger partial charge in [0.2, 0.25) is 0 Å². The molecule has 0 spiro atoms. The molecule has 0 radical (unpaired) electrons. The van der Waals surface area contributed by atoms with Crippen LogP contribution in [0.1, 0.15) is 18.1 Å². The molecule has 110 valence electrons. The molecule has 0 saturated carbocycles. The van der Waals surface area contributed by atoms with Crippen molar-refractivity contribution < 1.29 is 18.7 Å². The third kappa shape index (κ3) is 5.26. The number of rotatable bonds is 6. The number of halogens is 1. The van der Waals surface area contributed by atoms with Gasteiger partial charge in [-0.1, -0.05) is 30.3 Å². The Morgan fingerprint density at radius 1 is 1.10 bits per heavy atom. The second-order valence-corrected chi connectivity index (χ2v) is 4.66. The molecule has 0 aliphatic rings. The van der Waals surface area contributed by atoms with Crippen LogP contribution in [0.4, 0.5) is 4.39 Å². The molecule has 0 heterocycles. The van der Waals surface area contributed by atoms with Crippen LogP contribution in [0.15, 0.2) is 48.5 Å². The summed E-state index contributed by atoms with van der Waals surface area (Å²) in [6.45, 7) is 1.96. The molecule has 2 rings (SSSR count). The maximum atomic E-state index is 13.6. The molecule has 0 aliphatic carbocycles. The quantitative estimate of drug-likeness (QED) is 0.763. The highest BCUT2D eigenvalue weighted by Gasteiger charge is 2.04. The molecule has 0 bridgehead atoms. The van der Waals surface area contributed by atoms with E-state index in [0.29, 0.717) is 18.8 Å². The van der Waals surface area contributed by atoms with E-state index in [1.54, 1.807) is 6.07 Å². The topological polar surface area (TPSA) is 35.5 Å². The minimum atomic E-state index is -0.363. The lowest BCUT2D eigenvalue weighted by Gasteiger charge is -2.09. The van der Waals surface area contributed by atoms with Crippen molar-refractivity contribution in [3.8, 4) is 5.75 Å². The molecule has 0 aliphatic heterocycles. The summed E-state index contributed by atoms with van der Waals surface area (Å²) in [5, 5.41) is 0. The smallest absolute Gasteiger partial charge is 0.302 e. The highest BCUT2D eigenvalue weighted by molar-refractivity contribution is 5.65. The SMILES string of the molecule is CC(=O)OCCc1cc(F)cc(OCc2ccccc2)c1. The molecular formula is C17H17FO3. The fourth-order valence-electron chi connectivity index (χ4n) is 1.90. The molecule has 4 heteroatoms. The Labute approximate surface area is 123 Å². The summed E-state index contributed by atoms with van der Waals surface area (Å²) in [6, 6.07) is 14.2. The predicted octanol–water partition coefficient (Wildman–Crippen LogP) is 3.51. The normalized spacial score (nSPS) is 10.2. The van der Waals surface area contributed by atoms with Crippen LogP contribution in [0.3, 0.4) is 0 Å².